The summed E-state index contributed by atoms with van der Waals surface area (Å²) in [6.45, 7) is 4.22. The Morgan fingerprint density at radius 2 is 2.11 bits per heavy atom. The number of hydrogen-bond acceptors (Lipinski definition) is 3. The highest BCUT2D eigenvalue weighted by atomic mass is 79.9. The third-order valence-electron chi connectivity index (χ3n) is 2.36. The van der Waals surface area contributed by atoms with Gasteiger partial charge in [0.25, 0.3) is 0 Å². The van der Waals surface area contributed by atoms with Crippen molar-refractivity contribution in [2.24, 2.45) is 5.92 Å². The van der Waals surface area contributed by atoms with Gasteiger partial charge >= 0.3 is 12.0 Å². The molecule has 19 heavy (non-hydrogen) atoms. The van der Waals surface area contributed by atoms with E-state index in [2.05, 4.69) is 26.6 Å². The lowest BCUT2D eigenvalue weighted by Crippen LogP contribution is -2.46. The van der Waals surface area contributed by atoms with Crippen LogP contribution in [0.2, 0.25) is 0 Å². The van der Waals surface area contributed by atoms with Gasteiger partial charge in [0.15, 0.2) is 0 Å². The number of amides is 2. The van der Waals surface area contributed by atoms with E-state index in [-0.39, 0.29) is 5.92 Å². The molecule has 0 radical (unpaired) electrons. The van der Waals surface area contributed by atoms with E-state index in [1.807, 2.05) is 26.0 Å². The molecule has 0 fully saturated rings. The van der Waals surface area contributed by atoms with Crippen LogP contribution in [0, 0.1) is 5.92 Å². The summed E-state index contributed by atoms with van der Waals surface area (Å²) in [6, 6.07) is 2.49. The third kappa shape index (κ3) is 6.07. The maximum atomic E-state index is 11.6. The van der Waals surface area contributed by atoms with Crippen LogP contribution >= 0.6 is 27.3 Å². The Balaban J connectivity index is 2.42. The van der Waals surface area contributed by atoms with Crippen molar-refractivity contribution >= 4 is 39.3 Å². The molecule has 106 valence electrons. The lowest BCUT2D eigenvalue weighted by atomic mass is 10.0. The zero-order valence-electron chi connectivity index (χ0n) is 10.8. The Morgan fingerprint density at radius 1 is 1.42 bits per heavy atom. The standard InChI is InChI=1S/C12H17BrN2O3S/c1-7(2)5-9(11(16)17)15-12(18)14-6-8-3-4-10(13)19-8/h3-4,7,9H,5-6H2,1-2H3,(H,16,17)(H2,14,15,18)/t9-/m1/s1. The molecule has 2 amide bonds. The molecular weight excluding hydrogens is 332 g/mol. The topological polar surface area (TPSA) is 78.4 Å². The summed E-state index contributed by atoms with van der Waals surface area (Å²) in [5.74, 6) is -0.808. The summed E-state index contributed by atoms with van der Waals surface area (Å²) < 4.78 is 0.993. The van der Waals surface area contributed by atoms with Gasteiger partial charge in [-0.25, -0.2) is 9.59 Å². The number of carboxylic acid groups (broad SMARTS) is 1. The lowest BCUT2D eigenvalue weighted by molar-refractivity contribution is -0.139. The van der Waals surface area contributed by atoms with Crippen molar-refractivity contribution in [3.63, 3.8) is 0 Å². The first kappa shape index (κ1) is 16.0. The number of halogens is 1. The quantitative estimate of drug-likeness (QED) is 0.739. The zero-order chi connectivity index (χ0) is 14.4. The van der Waals surface area contributed by atoms with E-state index in [1.54, 1.807) is 0 Å². The second-order valence-corrected chi connectivity index (χ2v) is 7.10. The van der Waals surface area contributed by atoms with E-state index in [9.17, 15) is 9.59 Å². The number of aliphatic carboxylic acids is 1. The van der Waals surface area contributed by atoms with Gasteiger partial charge in [-0.05, 0) is 40.4 Å². The SMILES string of the molecule is CC(C)C[C@@H](NC(=O)NCc1ccc(Br)s1)C(=O)O. The molecule has 0 aromatic carbocycles. The summed E-state index contributed by atoms with van der Waals surface area (Å²) in [5.41, 5.74) is 0. The minimum Gasteiger partial charge on any atom is -0.480 e. The fourth-order valence-electron chi connectivity index (χ4n) is 1.52. The van der Waals surface area contributed by atoms with E-state index in [4.69, 9.17) is 5.11 Å². The highest BCUT2D eigenvalue weighted by Gasteiger charge is 2.20. The van der Waals surface area contributed by atoms with Crippen LogP contribution in [0.1, 0.15) is 25.1 Å². The molecule has 1 heterocycles. The minimum absolute atomic E-state index is 0.203. The number of hydrogen-bond donors (Lipinski definition) is 3. The summed E-state index contributed by atoms with van der Waals surface area (Å²) in [6.07, 6.45) is 0.410. The molecule has 3 N–H and O–H groups in total. The number of thiophene rings is 1. The molecule has 0 spiro atoms. The Morgan fingerprint density at radius 3 is 2.58 bits per heavy atom. The Bertz CT molecular complexity index is 448. The number of carbonyl (C=O) groups is 2. The van der Waals surface area contributed by atoms with Crippen molar-refractivity contribution in [2.75, 3.05) is 0 Å². The van der Waals surface area contributed by atoms with E-state index in [0.717, 1.165) is 8.66 Å². The van der Waals surface area contributed by atoms with Gasteiger partial charge in [0.2, 0.25) is 0 Å². The van der Waals surface area contributed by atoms with Crippen molar-refractivity contribution in [2.45, 2.75) is 32.9 Å². The molecule has 0 saturated carbocycles. The second-order valence-electron chi connectivity index (χ2n) is 4.55. The minimum atomic E-state index is -1.01. The predicted molar refractivity (Wildman–Crippen MR) is 78.3 cm³/mol. The van der Waals surface area contributed by atoms with Crippen molar-refractivity contribution in [1.29, 1.82) is 0 Å². The van der Waals surface area contributed by atoms with Gasteiger partial charge in [-0.1, -0.05) is 13.8 Å². The van der Waals surface area contributed by atoms with Gasteiger partial charge in [0.05, 0.1) is 10.3 Å². The highest BCUT2D eigenvalue weighted by Crippen LogP contribution is 2.21. The lowest BCUT2D eigenvalue weighted by Gasteiger charge is -2.16. The van der Waals surface area contributed by atoms with Crippen LogP contribution in [0.25, 0.3) is 0 Å². The molecule has 1 aromatic rings. The summed E-state index contributed by atoms with van der Waals surface area (Å²) in [7, 11) is 0. The number of nitrogens with one attached hydrogen (secondary N) is 2. The predicted octanol–water partition coefficient (Wildman–Crippen LogP) is 2.81. The average Bonchev–Trinajstić information content (AvgIpc) is 2.71. The summed E-state index contributed by atoms with van der Waals surface area (Å²) in [5, 5.41) is 14.1. The Labute approximate surface area is 124 Å². The van der Waals surface area contributed by atoms with E-state index >= 15 is 0 Å². The smallest absolute Gasteiger partial charge is 0.326 e. The number of carbonyl (C=O) groups excluding carboxylic acids is 1. The van der Waals surface area contributed by atoms with E-state index in [0.29, 0.717) is 13.0 Å². The monoisotopic (exact) mass is 348 g/mol. The first-order valence-corrected chi connectivity index (χ1v) is 7.50. The van der Waals surface area contributed by atoms with Gasteiger partial charge in [0.1, 0.15) is 6.04 Å². The van der Waals surface area contributed by atoms with Crippen molar-refractivity contribution in [1.82, 2.24) is 10.6 Å². The Hall–Kier alpha value is -1.08. The molecule has 0 aliphatic carbocycles. The molecule has 7 heteroatoms. The first-order valence-electron chi connectivity index (χ1n) is 5.90. The Kier molecular flexibility index (Phi) is 6.30. The van der Waals surface area contributed by atoms with E-state index < -0.39 is 18.0 Å². The normalized spacial score (nSPS) is 12.2. The zero-order valence-corrected chi connectivity index (χ0v) is 13.2. The van der Waals surface area contributed by atoms with Gasteiger partial charge in [0, 0.05) is 4.88 Å². The van der Waals surface area contributed by atoms with Crippen LogP contribution in [-0.4, -0.2) is 23.1 Å². The number of carboxylic acids is 1. The maximum absolute atomic E-state index is 11.6. The summed E-state index contributed by atoms with van der Waals surface area (Å²) >= 11 is 4.86. The third-order valence-corrected chi connectivity index (χ3v) is 3.99. The van der Waals surface area contributed by atoms with Gasteiger partial charge in [-0.2, -0.15) is 0 Å². The van der Waals surface area contributed by atoms with Crippen LogP contribution in [0.4, 0.5) is 4.79 Å². The molecule has 0 unspecified atom stereocenters. The van der Waals surface area contributed by atoms with Crippen LogP contribution in [0.3, 0.4) is 0 Å². The van der Waals surface area contributed by atoms with Crippen LogP contribution in [0.5, 0.6) is 0 Å². The maximum Gasteiger partial charge on any atom is 0.326 e. The molecule has 1 atom stereocenters. The summed E-state index contributed by atoms with van der Waals surface area (Å²) in [4.78, 5) is 23.6. The fraction of sp³-hybridized carbons (Fsp3) is 0.500. The van der Waals surface area contributed by atoms with Crippen molar-refractivity contribution in [3.8, 4) is 0 Å². The van der Waals surface area contributed by atoms with Crippen molar-refractivity contribution < 1.29 is 14.7 Å². The first-order chi connectivity index (χ1) is 8.88. The largest absolute Gasteiger partial charge is 0.480 e. The average molecular weight is 349 g/mol. The van der Waals surface area contributed by atoms with Crippen LogP contribution < -0.4 is 10.6 Å². The number of rotatable bonds is 6. The van der Waals surface area contributed by atoms with Crippen LogP contribution in [0.15, 0.2) is 15.9 Å². The molecular formula is C12H17BrN2O3S. The second kappa shape index (κ2) is 7.49. The molecule has 1 aromatic heterocycles. The molecule has 0 aliphatic heterocycles. The fourth-order valence-corrected chi connectivity index (χ4v) is 2.94. The van der Waals surface area contributed by atoms with Gasteiger partial charge < -0.3 is 15.7 Å². The molecule has 0 saturated heterocycles. The van der Waals surface area contributed by atoms with Gasteiger partial charge in [-0.3, -0.25) is 0 Å². The molecule has 5 nitrogen and oxygen atoms in total. The van der Waals surface area contributed by atoms with Crippen molar-refractivity contribution in [3.05, 3.63) is 20.8 Å². The molecule has 0 aliphatic rings. The highest BCUT2D eigenvalue weighted by molar-refractivity contribution is 9.11. The molecule has 0 bridgehead atoms. The van der Waals surface area contributed by atoms with E-state index in [1.165, 1.54) is 11.3 Å². The number of urea groups is 1. The molecule has 1 rings (SSSR count). The van der Waals surface area contributed by atoms with Crippen LogP contribution in [-0.2, 0) is 11.3 Å². The van der Waals surface area contributed by atoms with Gasteiger partial charge in [-0.15, -0.1) is 11.3 Å².